The second-order valence-electron chi connectivity index (χ2n) is 5.42. The van der Waals surface area contributed by atoms with Gasteiger partial charge in [0.2, 0.25) is 0 Å². The Morgan fingerprint density at radius 1 is 1.37 bits per heavy atom. The molecule has 0 saturated carbocycles. The molecule has 3 rings (SSSR count). The van der Waals surface area contributed by atoms with Gasteiger partial charge in [0, 0.05) is 16.1 Å². The zero-order valence-electron chi connectivity index (χ0n) is 10.9. The Kier molecular flexibility index (Phi) is 3.20. The molecule has 2 unspecified atom stereocenters. The normalized spacial score (nSPS) is 32.9. The zero-order valence-corrected chi connectivity index (χ0v) is 11.7. The van der Waals surface area contributed by atoms with E-state index < -0.39 is 5.60 Å². The number of rotatable bonds is 2. The summed E-state index contributed by atoms with van der Waals surface area (Å²) in [5, 5.41) is 21.2. The Morgan fingerprint density at radius 3 is 2.63 bits per heavy atom. The molecular weight excluding hydrogens is 258 g/mol. The Bertz CT molecular complexity index is 525. The summed E-state index contributed by atoms with van der Waals surface area (Å²) in [6.07, 6.45) is 3.91. The van der Waals surface area contributed by atoms with Crippen molar-refractivity contribution in [3.63, 3.8) is 0 Å². The number of thioether (sulfide) groups is 1. The summed E-state index contributed by atoms with van der Waals surface area (Å²) >= 11 is 2.01. The maximum absolute atomic E-state index is 11.1. The second kappa shape index (κ2) is 4.73. The molecule has 1 N–H and O–H groups in total. The quantitative estimate of drug-likeness (QED) is 0.901. The number of nitrogens with zero attached hydrogens (tertiary/aromatic N) is 1. The molecule has 0 spiro atoms. The number of nitriles is 1. The Labute approximate surface area is 117 Å². The molecular formula is C15H17NO2S. The van der Waals surface area contributed by atoms with Crippen LogP contribution in [0.25, 0.3) is 0 Å². The van der Waals surface area contributed by atoms with Crippen molar-refractivity contribution in [1.29, 1.82) is 5.26 Å². The number of fused-ring (bicyclic) bond motifs is 2. The average Bonchev–Trinajstić information content (AvgIpc) is 2.77. The maximum Gasteiger partial charge on any atom is 0.125 e. The van der Waals surface area contributed by atoms with Crippen LogP contribution in [0.3, 0.4) is 0 Å². The number of ether oxygens (including phenoxy) is 1. The Hall–Kier alpha value is -1.18. The zero-order chi connectivity index (χ0) is 13.5. The first-order chi connectivity index (χ1) is 9.14. The largest absolute Gasteiger partial charge is 0.496 e. The minimum absolute atomic E-state index is 0.541. The lowest BCUT2D eigenvalue weighted by atomic mass is 9.84. The van der Waals surface area contributed by atoms with Crippen molar-refractivity contribution >= 4 is 11.8 Å². The van der Waals surface area contributed by atoms with E-state index >= 15 is 0 Å². The number of benzene rings is 1. The first kappa shape index (κ1) is 12.8. The van der Waals surface area contributed by atoms with Crippen molar-refractivity contribution in [2.75, 3.05) is 7.11 Å². The van der Waals surface area contributed by atoms with Crippen LogP contribution in [0.15, 0.2) is 18.2 Å². The molecule has 0 amide bonds. The molecule has 0 aliphatic carbocycles. The van der Waals surface area contributed by atoms with Gasteiger partial charge in [0.05, 0.1) is 24.3 Å². The van der Waals surface area contributed by atoms with E-state index in [0.29, 0.717) is 21.8 Å². The Balaban J connectivity index is 2.02. The monoisotopic (exact) mass is 275 g/mol. The van der Waals surface area contributed by atoms with E-state index in [9.17, 15) is 5.11 Å². The molecule has 100 valence electrons. The van der Waals surface area contributed by atoms with E-state index in [1.165, 1.54) is 12.8 Å². The highest BCUT2D eigenvalue weighted by atomic mass is 32.2. The predicted octanol–water partition coefficient (Wildman–Crippen LogP) is 2.81. The highest BCUT2D eigenvalue weighted by Gasteiger charge is 2.45. The van der Waals surface area contributed by atoms with Gasteiger partial charge in [0.15, 0.2) is 0 Å². The van der Waals surface area contributed by atoms with Crippen LogP contribution in [0.5, 0.6) is 5.75 Å². The van der Waals surface area contributed by atoms with E-state index in [1.54, 1.807) is 25.3 Å². The summed E-state index contributed by atoms with van der Waals surface area (Å²) < 4.78 is 5.38. The van der Waals surface area contributed by atoms with Gasteiger partial charge >= 0.3 is 0 Å². The van der Waals surface area contributed by atoms with Gasteiger partial charge in [0.1, 0.15) is 5.75 Å². The third-order valence-corrected chi connectivity index (χ3v) is 5.73. The average molecular weight is 275 g/mol. The van der Waals surface area contributed by atoms with Gasteiger partial charge < -0.3 is 9.84 Å². The van der Waals surface area contributed by atoms with E-state index in [0.717, 1.165) is 18.4 Å². The van der Waals surface area contributed by atoms with Crippen LogP contribution < -0.4 is 4.74 Å². The molecule has 0 radical (unpaired) electrons. The summed E-state index contributed by atoms with van der Waals surface area (Å²) in [7, 11) is 1.61. The van der Waals surface area contributed by atoms with Crippen molar-refractivity contribution in [3.8, 4) is 11.8 Å². The first-order valence-corrected chi connectivity index (χ1v) is 7.55. The van der Waals surface area contributed by atoms with E-state index in [1.807, 2.05) is 11.8 Å². The molecule has 2 fully saturated rings. The molecule has 4 heteroatoms. The van der Waals surface area contributed by atoms with Gasteiger partial charge in [-0.05, 0) is 43.9 Å². The van der Waals surface area contributed by atoms with Gasteiger partial charge in [-0.2, -0.15) is 17.0 Å². The molecule has 2 heterocycles. The second-order valence-corrected chi connectivity index (χ2v) is 7.03. The van der Waals surface area contributed by atoms with Crippen LogP contribution in [0.1, 0.15) is 36.8 Å². The van der Waals surface area contributed by atoms with Crippen LogP contribution in [-0.4, -0.2) is 22.7 Å². The van der Waals surface area contributed by atoms with Gasteiger partial charge in [-0.1, -0.05) is 0 Å². The molecule has 2 saturated heterocycles. The molecule has 2 atom stereocenters. The van der Waals surface area contributed by atoms with Crippen molar-refractivity contribution < 1.29 is 9.84 Å². The summed E-state index contributed by atoms with van der Waals surface area (Å²) in [5.74, 6) is 0.688. The summed E-state index contributed by atoms with van der Waals surface area (Å²) in [6, 6.07) is 7.45. The van der Waals surface area contributed by atoms with E-state index in [-0.39, 0.29) is 0 Å². The third-order valence-electron chi connectivity index (χ3n) is 4.16. The Morgan fingerprint density at radius 2 is 2.05 bits per heavy atom. The topological polar surface area (TPSA) is 53.2 Å². The van der Waals surface area contributed by atoms with Gasteiger partial charge in [0.25, 0.3) is 0 Å². The highest BCUT2D eigenvalue weighted by Crippen LogP contribution is 2.52. The molecule has 2 aliphatic rings. The fraction of sp³-hybridized carbons (Fsp3) is 0.533. The number of aliphatic hydroxyl groups is 1. The highest BCUT2D eigenvalue weighted by molar-refractivity contribution is 8.00. The maximum atomic E-state index is 11.1. The lowest BCUT2D eigenvalue weighted by molar-refractivity contribution is 0.0174. The molecule has 1 aromatic rings. The van der Waals surface area contributed by atoms with Gasteiger partial charge in [-0.15, -0.1) is 0 Å². The van der Waals surface area contributed by atoms with E-state index in [2.05, 4.69) is 6.07 Å². The fourth-order valence-electron chi connectivity index (χ4n) is 3.28. The molecule has 1 aromatic carbocycles. The number of hydrogen-bond donors (Lipinski definition) is 1. The lowest BCUT2D eigenvalue weighted by Crippen LogP contribution is -2.35. The molecule has 0 aromatic heterocycles. The van der Waals surface area contributed by atoms with Crippen LogP contribution in [0.2, 0.25) is 0 Å². The van der Waals surface area contributed by atoms with Crippen LogP contribution >= 0.6 is 11.8 Å². The number of methoxy groups -OCH3 is 1. The van der Waals surface area contributed by atoms with Crippen molar-refractivity contribution in [1.82, 2.24) is 0 Å². The van der Waals surface area contributed by atoms with Crippen molar-refractivity contribution in [2.45, 2.75) is 41.8 Å². The molecule has 3 nitrogen and oxygen atoms in total. The molecule has 2 bridgehead atoms. The summed E-state index contributed by atoms with van der Waals surface area (Å²) in [6.45, 7) is 0. The fourth-order valence-corrected chi connectivity index (χ4v) is 5.11. The SMILES string of the molecule is COc1ccc(C#N)cc1C1(O)CC2CCC(C1)S2. The van der Waals surface area contributed by atoms with Crippen LogP contribution in [0, 0.1) is 11.3 Å². The standard InChI is InChI=1S/C15H17NO2S/c1-18-14-5-2-10(9-16)6-13(14)15(17)7-11-3-4-12(8-15)19-11/h2,5-6,11-12,17H,3-4,7-8H2,1H3. The smallest absolute Gasteiger partial charge is 0.125 e. The summed E-state index contributed by atoms with van der Waals surface area (Å²) in [5.41, 5.74) is 0.524. The predicted molar refractivity (Wildman–Crippen MR) is 75.2 cm³/mol. The van der Waals surface area contributed by atoms with Crippen LogP contribution in [-0.2, 0) is 5.60 Å². The van der Waals surface area contributed by atoms with Crippen molar-refractivity contribution in [3.05, 3.63) is 29.3 Å². The molecule has 19 heavy (non-hydrogen) atoms. The molecule has 2 aliphatic heterocycles. The van der Waals surface area contributed by atoms with Gasteiger partial charge in [-0.25, -0.2) is 0 Å². The number of hydrogen-bond acceptors (Lipinski definition) is 4. The van der Waals surface area contributed by atoms with Gasteiger partial charge in [-0.3, -0.25) is 0 Å². The third kappa shape index (κ3) is 2.22. The van der Waals surface area contributed by atoms with Crippen LogP contribution in [0.4, 0.5) is 0 Å². The minimum atomic E-state index is -0.838. The van der Waals surface area contributed by atoms with E-state index in [4.69, 9.17) is 10.00 Å². The lowest BCUT2D eigenvalue weighted by Gasteiger charge is -2.37. The first-order valence-electron chi connectivity index (χ1n) is 6.61. The minimum Gasteiger partial charge on any atom is -0.496 e. The van der Waals surface area contributed by atoms with Crippen molar-refractivity contribution in [2.24, 2.45) is 0 Å². The summed E-state index contributed by atoms with van der Waals surface area (Å²) in [4.78, 5) is 0.